The van der Waals surface area contributed by atoms with E-state index in [1.165, 1.54) is 51.9 Å². The minimum Gasteiger partial charge on any atom is -0.314 e. The zero-order valence-corrected chi connectivity index (χ0v) is 11.8. The van der Waals surface area contributed by atoms with Crippen LogP contribution in [0, 0.1) is 0 Å². The van der Waals surface area contributed by atoms with E-state index in [-0.39, 0.29) is 13.0 Å². The first kappa shape index (κ1) is 15.1. The molecule has 2 aliphatic heterocycles. The van der Waals surface area contributed by atoms with Crippen molar-refractivity contribution in [2.24, 2.45) is 0 Å². The Morgan fingerprint density at radius 2 is 1.58 bits per heavy atom. The molecule has 112 valence electrons. The van der Waals surface area contributed by atoms with Crippen molar-refractivity contribution in [1.29, 1.82) is 0 Å². The topological polar surface area (TPSA) is 27.3 Å². The first-order valence-corrected chi connectivity index (χ1v) is 7.71. The van der Waals surface area contributed by atoms with Crippen LogP contribution < -0.4 is 10.6 Å². The SMILES string of the molecule is C1CCC(N2CCNCC2)C1.FC1(F)CCCNC1. The van der Waals surface area contributed by atoms with Crippen LogP contribution in [-0.2, 0) is 0 Å². The highest BCUT2D eigenvalue weighted by Gasteiger charge is 2.30. The Morgan fingerprint density at radius 3 is 2.05 bits per heavy atom. The van der Waals surface area contributed by atoms with Crippen LogP contribution in [0.25, 0.3) is 0 Å². The van der Waals surface area contributed by atoms with Crippen LogP contribution in [-0.4, -0.2) is 56.1 Å². The summed E-state index contributed by atoms with van der Waals surface area (Å²) in [5, 5.41) is 6.02. The zero-order chi connectivity index (χ0) is 13.6. The van der Waals surface area contributed by atoms with Crippen LogP contribution in [0.2, 0.25) is 0 Å². The van der Waals surface area contributed by atoms with Crippen LogP contribution in [0.1, 0.15) is 38.5 Å². The maximum absolute atomic E-state index is 12.1. The van der Waals surface area contributed by atoms with Crippen molar-refractivity contribution < 1.29 is 8.78 Å². The highest BCUT2D eigenvalue weighted by molar-refractivity contribution is 4.80. The van der Waals surface area contributed by atoms with Crippen LogP contribution >= 0.6 is 0 Å². The molecule has 2 N–H and O–H groups in total. The monoisotopic (exact) mass is 275 g/mol. The lowest BCUT2D eigenvalue weighted by Gasteiger charge is -2.32. The molecule has 19 heavy (non-hydrogen) atoms. The Morgan fingerprint density at radius 1 is 0.895 bits per heavy atom. The van der Waals surface area contributed by atoms with Gasteiger partial charge in [0.2, 0.25) is 0 Å². The molecule has 1 aliphatic carbocycles. The molecule has 0 aromatic rings. The molecule has 3 nitrogen and oxygen atoms in total. The molecule has 0 amide bonds. The number of hydrogen-bond acceptors (Lipinski definition) is 3. The van der Waals surface area contributed by atoms with Crippen molar-refractivity contribution in [3.05, 3.63) is 0 Å². The van der Waals surface area contributed by atoms with Crippen molar-refractivity contribution in [3.8, 4) is 0 Å². The maximum Gasteiger partial charge on any atom is 0.260 e. The molecule has 3 rings (SSSR count). The average Bonchev–Trinajstić information content (AvgIpc) is 2.94. The molecule has 0 radical (unpaired) electrons. The fraction of sp³-hybridized carbons (Fsp3) is 1.00. The third-order valence-corrected chi connectivity index (χ3v) is 4.27. The van der Waals surface area contributed by atoms with Gasteiger partial charge in [-0.2, -0.15) is 0 Å². The van der Waals surface area contributed by atoms with Gasteiger partial charge in [0.05, 0.1) is 6.54 Å². The summed E-state index contributed by atoms with van der Waals surface area (Å²) in [6, 6.07) is 0.942. The second-order valence-electron chi connectivity index (χ2n) is 5.86. The highest BCUT2D eigenvalue weighted by atomic mass is 19.3. The predicted molar refractivity (Wildman–Crippen MR) is 73.7 cm³/mol. The third-order valence-electron chi connectivity index (χ3n) is 4.27. The van der Waals surface area contributed by atoms with E-state index in [1.54, 1.807) is 0 Å². The summed E-state index contributed by atoms with van der Waals surface area (Å²) in [7, 11) is 0. The lowest BCUT2D eigenvalue weighted by Crippen LogP contribution is -2.47. The largest absolute Gasteiger partial charge is 0.314 e. The molecule has 2 heterocycles. The van der Waals surface area contributed by atoms with E-state index in [9.17, 15) is 8.78 Å². The molecule has 0 aromatic heterocycles. The second-order valence-corrected chi connectivity index (χ2v) is 5.86. The van der Waals surface area contributed by atoms with Crippen LogP contribution in [0.4, 0.5) is 8.78 Å². The third kappa shape index (κ3) is 5.32. The predicted octanol–water partition coefficient (Wildman–Crippen LogP) is 1.84. The lowest BCUT2D eigenvalue weighted by atomic mass is 10.1. The molecular formula is C14H27F2N3. The second kappa shape index (κ2) is 7.50. The number of alkyl halides is 2. The van der Waals surface area contributed by atoms with Gasteiger partial charge < -0.3 is 10.6 Å². The maximum atomic E-state index is 12.1. The first-order valence-electron chi connectivity index (χ1n) is 7.71. The van der Waals surface area contributed by atoms with E-state index in [1.807, 2.05) is 0 Å². The molecule has 0 aromatic carbocycles. The van der Waals surface area contributed by atoms with Crippen LogP contribution in [0.3, 0.4) is 0 Å². The Balaban J connectivity index is 0.000000148. The van der Waals surface area contributed by atoms with Gasteiger partial charge in [-0.1, -0.05) is 12.8 Å². The van der Waals surface area contributed by atoms with Gasteiger partial charge in [0.25, 0.3) is 5.92 Å². The van der Waals surface area contributed by atoms with E-state index in [2.05, 4.69) is 15.5 Å². The van der Waals surface area contributed by atoms with Gasteiger partial charge in [0, 0.05) is 38.6 Å². The van der Waals surface area contributed by atoms with Gasteiger partial charge in [0.1, 0.15) is 0 Å². The number of nitrogens with one attached hydrogen (secondary N) is 2. The molecular weight excluding hydrogens is 248 g/mol. The fourth-order valence-electron chi connectivity index (χ4n) is 3.15. The Bertz CT molecular complexity index is 241. The minimum absolute atomic E-state index is 0.0556. The Hall–Kier alpha value is -0.260. The quantitative estimate of drug-likeness (QED) is 0.764. The van der Waals surface area contributed by atoms with Crippen molar-refractivity contribution in [1.82, 2.24) is 15.5 Å². The van der Waals surface area contributed by atoms with Gasteiger partial charge in [0.15, 0.2) is 0 Å². The van der Waals surface area contributed by atoms with E-state index >= 15 is 0 Å². The molecule has 0 spiro atoms. The molecule has 3 fully saturated rings. The summed E-state index contributed by atoms with van der Waals surface area (Å²) in [5.41, 5.74) is 0. The standard InChI is InChI=1S/C9H18N2.C5H9F2N/c1-2-4-9(3-1)11-7-5-10-6-8-11;6-5(7)2-1-3-8-4-5/h9-10H,1-8H2;8H,1-4H2. The molecule has 0 unspecified atom stereocenters. The van der Waals surface area contributed by atoms with E-state index in [0.29, 0.717) is 6.42 Å². The summed E-state index contributed by atoms with van der Waals surface area (Å²) >= 11 is 0. The average molecular weight is 275 g/mol. The Labute approximate surface area is 115 Å². The molecule has 0 atom stereocenters. The summed E-state index contributed by atoms with van der Waals surface area (Å²) in [5.74, 6) is -2.43. The highest BCUT2D eigenvalue weighted by Crippen LogP contribution is 2.23. The first-order chi connectivity index (χ1) is 9.17. The summed E-state index contributed by atoms with van der Waals surface area (Å²) < 4.78 is 24.3. The lowest BCUT2D eigenvalue weighted by molar-refractivity contribution is -0.0208. The number of rotatable bonds is 1. The number of halogens is 2. The summed E-state index contributed by atoms with van der Waals surface area (Å²) in [4.78, 5) is 2.67. The molecule has 2 saturated heterocycles. The molecule has 3 aliphatic rings. The zero-order valence-electron chi connectivity index (χ0n) is 11.8. The van der Waals surface area contributed by atoms with E-state index in [0.717, 1.165) is 12.6 Å². The van der Waals surface area contributed by atoms with E-state index in [4.69, 9.17) is 0 Å². The van der Waals surface area contributed by atoms with Crippen molar-refractivity contribution in [2.45, 2.75) is 50.5 Å². The number of nitrogens with zero attached hydrogens (tertiary/aromatic N) is 1. The number of hydrogen-bond donors (Lipinski definition) is 2. The van der Waals surface area contributed by atoms with Gasteiger partial charge >= 0.3 is 0 Å². The van der Waals surface area contributed by atoms with Crippen molar-refractivity contribution in [3.63, 3.8) is 0 Å². The minimum atomic E-state index is -2.43. The molecule has 1 saturated carbocycles. The van der Waals surface area contributed by atoms with Gasteiger partial charge in [-0.05, 0) is 25.8 Å². The van der Waals surface area contributed by atoms with Gasteiger partial charge in [-0.15, -0.1) is 0 Å². The van der Waals surface area contributed by atoms with Gasteiger partial charge in [-0.3, -0.25) is 4.90 Å². The normalized spacial score (nSPS) is 28.7. The van der Waals surface area contributed by atoms with Crippen molar-refractivity contribution >= 4 is 0 Å². The van der Waals surface area contributed by atoms with E-state index < -0.39 is 5.92 Å². The van der Waals surface area contributed by atoms with Gasteiger partial charge in [-0.25, -0.2) is 8.78 Å². The summed E-state index contributed by atoms with van der Waals surface area (Å²) in [6.45, 7) is 5.59. The smallest absolute Gasteiger partial charge is 0.260 e. The number of piperazine rings is 1. The molecule has 0 bridgehead atoms. The van der Waals surface area contributed by atoms with Crippen LogP contribution in [0.15, 0.2) is 0 Å². The Kier molecular flexibility index (Phi) is 5.98. The molecule has 5 heteroatoms. The summed E-state index contributed by atoms with van der Waals surface area (Å²) in [6.07, 6.45) is 6.51. The van der Waals surface area contributed by atoms with Crippen molar-refractivity contribution in [2.75, 3.05) is 39.3 Å². The fourth-order valence-corrected chi connectivity index (χ4v) is 3.15. The number of piperidine rings is 1. The van der Waals surface area contributed by atoms with Crippen LogP contribution in [0.5, 0.6) is 0 Å².